The Hall–Kier alpha value is -2.16. The van der Waals surface area contributed by atoms with Crippen LogP contribution >= 0.6 is 0 Å². The summed E-state index contributed by atoms with van der Waals surface area (Å²) < 4.78 is 0. The number of urea groups is 1. The van der Waals surface area contributed by atoms with Gasteiger partial charge in [0.25, 0.3) is 5.91 Å². The van der Waals surface area contributed by atoms with Gasteiger partial charge in [-0.3, -0.25) is 24.5 Å². The fourth-order valence-corrected chi connectivity index (χ4v) is 5.44. The molecule has 2 N–H and O–H groups in total. The molecule has 2 saturated heterocycles. The van der Waals surface area contributed by atoms with Crippen LogP contribution in [0.4, 0.5) is 4.79 Å². The normalized spacial score (nSPS) is 23.6. The first-order valence-corrected chi connectivity index (χ1v) is 12.0. The first-order valence-electron chi connectivity index (χ1n) is 12.0. The monoisotopic (exact) mass is 450 g/mol. The summed E-state index contributed by atoms with van der Waals surface area (Å²) in [6.45, 7) is 4.80. The number of imide groups is 1. The van der Waals surface area contributed by atoms with E-state index in [1.165, 1.54) is 4.90 Å². The lowest BCUT2D eigenvalue weighted by atomic mass is 9.80. The van der Waals surface area contributed by atoms with Gasteiger partial charge in [0.05, 0.1) is 11.8 Å². The lowest BCUT2D eigenvalue weighted by Gasteiger charge is -2.34. The van der Waals surface area contributed by atoms with E-state index in [2.05, 4.69) is 0 Å². The molecule has 0 spiro atoms. The molecule has 0 radical (unpaired) electrons. The third-order valence-electron chi connectivity index (χ3n) is 7.77. The number of amides is 5. The summed E-state index contributed by atoms with van der Waals surface area (Å²) in [5.74, 6) is -1.97. The zero-order valence-electron chi connectivity index (χ0n) is 19.6. The zero-order valence-corrected chi connectivity index (χ0v) is 19.6. The summed E-state index contributed by atoms with van der Waals surface area (Å²) in [5.41, 5.74) is 0.797. The van der Waals surface area contributed by atoms with Crippen LogP contribution in [0.2, 0.25) is 0 Å². The van der Waals surface area contributed by atoms with Gasteiger partial charge in [0.2, 0.25) is 11.8 Å². The minimum absolute atomic E-state index is 0.0397. The van der Waals surface area contributed by atoms with Crippen LogP contribution in [0, 0.1) is 17.8 Å². The number of carbonyl (C=O) groups is 4. The number of rotatable bonds is 8. The molecule has 0 unspecified atom stereocenters. The Kier molecular flexibility index (Phi) is 7.79. The molecule has 9 nitrogen and oxygen atoms in total. The average Bonchev–Trinajstić information content (AvgIpc) is 3.36. The third-order valence-corrected chi connectivity index (χ3v) is 7.77. The summed E-state index contributed by atoms with van der Waals surface area (Å²) in [4.78, 5) is 56.1. The number of likely N-dealkylation sites (N-methyl/N-ethyl adjacent to an activating group) is 1. The molecule has 9 heteroatoms. The van der Waals surface area contributed by atoms with E-state index in [-0.39, 0.29) is 24.8 Å². The largest absolute Gasteiger partial charge is 0.342 e. The van der Waals surface area contributed by atoms with Crippen molar-refractivity contribution in [2.24, 2.45) is 17.8 Å². The summed E-state index contributed by atoms with van der Waals surface area (Å²) in [5, 5.41) is 9.45. The van der Waals surface area contributed by atoms with Crippen LogP contribution in [-0.2, 0) is 14.4 Å². The predicted molar refractivity (Wildman–Crippen MR) is 117 cm³/mol. The standard InChI is InChI=1S/C23H38N4O5/c1-23(2)21(30)27(22(31)25(23)3)14-11-17(19(28)24-32)18(15-16-9-5-6-10-16)20(29)26-12-7-4-8-13-26/h16-18,32H,4-15H2,1-3H3,(H,24,28)/t17-,18+/m0/s1. The van der Waals surface area contributed by atoms with Crippen molar-refractivity contribution in [1.29, 1.82) is 0 Å². The topological polar surface area (TPSA) is 110 Å². The molecule has 3 fully saturated rings. The van der Waals surface area contributed by atoms with Gasteiger partial charge in [0.15, 0.2) is 0 Å². The van der Waals surface area contributed by atoms with Crippen molar-refractivity contribution < 1.29 is 24.4 Å². The quantitative estimate of drug-likeness (QED) is 0.335. The van der Waals surface area contributed by atoms with E-state index in [9.17, 15) is 24.4 Å². The molecule has 1 saturated carbocycles. The highest BCUT2D eigenvalue weighted by Crippen LogP contribution is 2.36. The molecule has 5 amide bonds. The van der Waals surface area contributed by atoms with Gasteiger partial charge in [-0.1, -0.05) is 25.7 Å². The molecule has 32 heavy (non-hydrogen) atoms. The summed E-state index contributed by atoms with van der Waals surface area (Å²) >= 11 is 0. The lowest BCUT2D eigenvalue weighted by molar-refractivity contribution is -0.147. The lowest BCUT2D eigenvalue weighted by Crippen LogP contribution is -2.47. The van der Waals surface area contributed by atoms with Crippen LogP contribution in [0.25, 0.3) is 0 Å². The number of likely N-dealkylation sites (tertiary alicyclic amines) is 1. The molecule has 0 aromatic carbocycles. The highest BCUT2D eigenvalue weighted by Gasteiger charge is 2.49. The Morgan fingerprint density at radius 3 is 2.22 bits per heavy atom. The summed E-state index contributed by atoms with van der Waals surface area (Å²) in [6.07, 6.45) is 8.09. The molecule has 0 bridgehead atoms. The molecule has 0 aromatic heterocycles. The number of nitrogens with one attached hydrogen (secondary N) is 1. The van der Waals surface area contributed by atoms with Crippen molar-refractivity contribution >= 4 is 23.8 Å². The fraction of sp³-hybridized carbons (Fsp3) is 0.826. The molecule has 3 rings (SSSR count). The van der Waals surface area contributed by atoms with Crippen molar-refractivity contribution in [3.8, 4) is 0 Å². The van der Waals surface area contributed by atoms with E-state index in [1.807, 2.05) is 4.90 Å². The first-order chi connectivity index (χ1) is 15.2. The number of nitrogens with zero attached hydrogens (tertiary/aromatic N) is 3. The second-order valence-electron chi connectivity index (χ2n) is 10.1. The summed E-state index contributed by atoms with van der Waals surface area (Å²) in [6, 6.07) is -0.405. The van der Waals surface area contributed by atoms with E-state index < -0.39 is 29.3 Å². The smallest absolute Gasteiger partial charge is 0.327 e. The average molecular weight is 451 g/mol. The van der Waals surface area contributed by atoms with Gasteiger partial charge in [-0.2, -0.15) is 0 Å². The van der Waals surface area contributed by atoms with Crippen LogP contribution in [0.15, 0.2) is 0 Å². The van der Waals surface area contributed by atoms with E-state index in [0.717, 1.165) is 49.8 Å². The van der Waals surface area contributed by atoms with E-state index in [0.29, 0.717) is 25.4 Å². The molecule has 180 valence electrons. The van der Waals surface area contributed by atoms with Crippen LogP contribution < -0.4 is 5.48 Å². The zero-order chi connectivity index (χ0) is 23.5. The van der Waals surface area contributed by atoms with Gasteiger partial charge in [-0.15, -0.1) is 0 Å². The van der Waals surface area contributed by atoms with Crippen molar-refractivity contribution in [3.63, 3.8) is 0 Å². The Morgan fingerprint density at radius 2 is 1.69 bits per heavy atom. The van der Waals surface area contributed by atoms with E-state index in [4.69, 9.17) is 0 Å². The maximum absolute atomic E-state index is 13.5. The molecule has 2 atom stereocenters. The number of carbonyl (C=O) groups excluding carboxylic acids is 4. The minimum Gasteiger partial charge on any atom is -0.342 e. The van der Waals surface area contributed by atoms with Gasteiger partial charge in [0, 0.05) is 26.7 Å². The molecule has 0 aromatic rings. The molecule has 1 aliphatic carbocycles. The maximum atomic E-state index is 13.5. The molecular weight excluding hydrogens is 412 g/mol. The molecule has 3 aliphatic rings. The molecule has 2 aliphatic heterocycles. The maximum Gasteiger partial charge on any atom is 0.327 e. The van der Waals surface area contributed by atoms with Gasteiger partial charge in [-0.25, -0.2) is 10.3 Å². The first kappa shape index (κ1) is 24.5. The number of hydrogen-bond acceptors (Lipinski definition) is 5. The fourth-order valence-electron chi connectivity index (χ4n) is 5.44. The van der Waals surface area contributed by atoms with Crippen LogP contribution in [0.5, 0.6) is 0 Å². The Morgan fingerprint density at radius 1 is 1.06 bits per heavy atom. The molecular formula is C23H38N4O5. The van der Waals surface area contributed by atoms with Crippen LogP contribution in [-0.4, -0.2) is 75.9 Å². The minimum atomic E-state index is -0.946. The van der Waals surface area contributed by atoms with Crippen molar-refractivity contribution in [2.75, 3.05) is 26.7 Å². The van der Waals surface area contributed by atoms with E-state index >= 15 is 0 Å². The highest BCUT2D eigenvalue weighted by atomic mass is 16.5. The van der Waals surface area contributed by atoms with Crippen LogP contribution in [0.1, 0.15) is 71.6 Å². The second-order valence-corrected chi connectivity index (χ2v) is 10.1. The molecule has 2 heterocycles. The Balaban J connectivity index is 1.80. The van der Waals surface area contributed by atoms with Crippen molar-refractivity contribution in [1.82, 2.24) is 20.2 Å². The van der Waals surface area contributed by atoms with Gasteiger partial charge < -0.3 is 9.80 Å². The van der Waals surface area contributed by atoms with Gasteiger partial charge in [0.1, 0.15) is 5.54 Å². The predicted octanol–water partition coefficient (Wildman–Crippen LogP) is 2.38. The van der Waals surface area contributed by atoms with Crippen molar-refractivity contribution in [2.45, 2.75) is 77.2 Å². The highest BCUT2D eigenvalue weighted by molar-refractivity contribution is 6.06. The van der Waals surface area contributed by atoms with Crippen LogP contribution in [0.3, 0.4) is 0 Å². The van der Waals surface area contributed by atoms with Gasteiger partial charge in [-0.05, 0) is 51.9 Å². The number of hydrogen-bond donors (Lipinski definition) is 2. The van der Waals surface area contributed by atoms with E-state index in [1.54, 1.807) is 26.4 Å². The number of piperidine rings is 1. The van der Waals surface area contributed by atoms with Gasteiger partial charge >= 0.3 is 6.03 Å². The SMILES string of the molecule is CN1C(=O)N(CC[C@H](C(=O)NO)[C@@H](CC2CCCC2)C(=O)N2CCCCC2)C(=O)C1(C)C. The van der Waals surface area contributed by atoms with Crippen molar-refractivity contribution in [3.05, 3.63) is 0 Å². The third kappa shape index (κ3) is 4.92. The Labute approximate surface area is 190 Å². The Bertz CT molecular complexity index is 728. The summed E-state index contributed by atoms with van der Waals surface area (Å²) in [7, 11) is 1.58. The second kappa shape index (κ2) is 10.2. The number of hydroxylamine groups is 1.